The lowest BCUT2D eigenvalue weighted by molar-refractivity contribution is 0.284. The van der Waals surface area contributed by atoms with Crippen LogP contribution >= 0.6 is 0 Å². The number of fused-ring (bicyclic) bond motifs is 1. The van der Waals surface area contributed by atoms with Gasteiger partial charge in [-0.15, -0.1) is 0 Å². The highest BCUT2D eigenvalue weighted by molar-refractivity contribution is 5.79. The summed E-state index contributed by atoms with van der Waals surface area (Å²) in [7, 11) is 1.53. The van der Waals surface area contributed by atoms with E-state index in [0.29, 0.717) is 39.4 Å². The van der Waals surface area contributed by atoms with Gasteiger partial charge in [-0.1, -0.05) is 24.3 Å². The lowest BCUT2D eigenvalue weighted by Crippen LogP contribution is -2.09. The van der Waals surface area contributed by atoms with Crippen LogP contribution in [0.3, 0.4) is 0 Å². The summed E-state index contributed by atoms with van der Waals surface area (Å²) in [6.45, 7) is 0.207. The molecule has 1 heterocycles. The number of para-hydroxylation sites is 1. The van der Waals surface area contributed by atoms with Crippen molar-refractivity contribution in [2.75, 3.05) is 7.11 Å². The van der Waals surface area contributed by atoms with Gasteiger partial charge in [0.05, 0.1) is 18.0 Å². The maximum absolute atomic E-state index is 13.3. The Balaban J connectivity index is 1.64. The zero-order valence-electron chi connectivity index (χ0n) is 15.1. The molecule has 0 fully saturated rings. The molecule has 0 atom stereocenters. The standard InChI is InChI=1S/C22H17FN2O3/c1-27-20-12-15(21-24-18-8-3-2-7-17(18)22(26)25-21)9-10-19(20)28-13-14-5-4-6-16(23)11-14/h2-12H,13H2,1H3,(H,24,25,26). The van der Waals surface area contributed by atoms with Crippen LogP contribution in [-0.2, 0) is 6.61 Å². The highest BCUT2D eigenvalue weighted by Crippen LogP contribution is 2.32. The van der Waals surface area contributed by atoms with Gasteiger partial charge in [0.15, 0.2) is 11.5 Å². The SMILES string of the molecule is COc1cc(-c2nc3ccccc3c(=O)[nH]2)ccc1OCc1cccc(F)c1. The van der Waals surface area contributed by atoms with Gasteiger partial charge >= 0.3 is 0 Å². The van der Waals surface area contributed by atoms with Crippen molar-refractivity contribution in [1.82, 2.24) is 9.97 Å². The Morgan fingerprint density at radius 1 is 1.00 bits per heavy atom. The number of hydrogen-bond donors (Lipinski definition) is 1. The van der Waals surface area contributed by atoms with Gasteiger partial charge in [-0.3, -0.25) is 4.79 Å². The van der Waals surface area contributed by atoms with Gasteiger partial charge in [-0.05, 0) is 48.0 Å². The van der Waals surface area contributed by atoms with Gasteiger partial charge in [-0.25, -0.2) is 9.37 Å². The van der Waals surface area contributed by atoms with Crippen molar-refractivity contribution in [1.29, 1.82) is 0 Å². The minimum Gasteiger partial charge on any atom is -0.493 e. The molecule has 140 valence electrons. The highest BCUT2D eigenvalue weighted by atomic mass is 19.1. The molecule has 3 aromatic carbocycles. The Kier molecular flexibility index (Phi) is 4.76. The lowest BCUT2D eigenvalue weighted by atomic mass is 10.1. The fourth-order valence-corrected chi connectivity index (χ4v) is 2.95. The second kappa shape index (κ2) is 7.52. The fourth-order valence-electron chi connectivity index (χ4n) is 2.95. The van der Waals surface area contributed by atoms with Gasteiger partial charge in [0.2, 0.25) is 0 Å². The predicted molar refractivity (Wildman–Crippen MR) is 105 cm³/mol. The molecule has 0 amide bonds. The molecule has 1 aromatic heterocycles. The summed E-state index contributed by atoms with van der Waals surface area (Å²) < 4.78 is 24.5. The van der Waals surface area contributed by atoms with Crippen LogP contribution in [0.1, 0.15) is 5.56 Å². The number of aromatic amines is 1. The first-order valence-corrected chi connectivity index (χ1v) is 8.69. The lowest BCUT2D eigenvalue weighted by Gasteiger charge is -2.12. The van der Waals surface area contributed by atoms with Crippen LogP contribution in [-0.4, -0.2) is 17.1 Å². The average Bonchev–Trinajstić information content (AvgIpc) is 2.72. The quantitative estimate of drug-likeness (QED) is 0.564. The molecule has 1 N–H and O–H groups in total. The number of hydrogen-bond acceptors (Lipinski definition) is 4. The van der Waals surface area contributed by atoms with E-state index in [1.165, 1.54) is 19.2 Å². The first-order chi connectivity index (χ1) is 13.6. The van der Waals surface area contributed by atoms with Crippen LogP contribution in [0.5, 0.6) is 11.5 Å². The molecule has 28 heavy (non-hydrogen) atoms. The Labute approximate surface area is 160 Å². The van der Waals surface area contributed by atoms with Crippen LogP contribution in [0.2, 0.25) is 0 Å². The number of benzene rings is 3. The van der Waals surface area contributed by atoms with E-state index < -0.39 is 0 Å². The van der Waals surface area contributed by atoms with Crippen molar-refractivity contribution >= 4 is 10.9 Å². The number of rotatable bonds is 5. The van der Waals surface area contributed by atoms with Crippen molar-refractivity contribution in [3.8, 4) is 22.9 Å². The second-order valence-corrected chi connectivity index (χ2v) is 6.22. The van der Waals surface area contributed by atoms with Gasteiger partial charge < -0.3 is 14.5 Å². The topological polar surface area (TPSA) is 64.2 Å². The molecule has 0 spiro atoms. The molecule has 5 nitrogen and oxygen atoms in total. The molecule has 0 unspecified atom stereocenters. The first kappa shape index (κ1) is 17.7. The number of methoxy groups -OCH3 is 1. The molecule has 0 saturated heterocycles. The minimum absolute atomic E-state index is 0.203. The van der Waals surface area contributed by atoms with E-state index in [1.807, 2.05) is 6.07 Å². The third-order valence-corrected chi connectivity index (χ3v) is 4.33. The summed E-state index contributed by atoms with van der Waals surface area (Å²) in [5, 5.41) is 0.535. The molecular weight excluding hydrogens is 359 g/mol. The first-order valence-electron chi connectivity index (χ1n) is 8.69. The van der Waals surface area contributed by atoms with Crippen molar-refractivity contribution in [3.63, 3.8) is 0 Å². The third kappa shape index (κ3) is 3.57. The van der Waals surface area contributed by atoms with Crippen LogP contribution in [0, 0.1) is 5.82 Å². The van der Waals surface area contributed by atoms with Crippen LogP contribution in [0.4, 0.5) is 4.39 Å². The Morgan fingerprint density at radius 2 is 1.86 bits per heavy atom. The monoisotopic (exact) mass is 376 g/mol. The molecule has 4 rings (SSSR count). The summed E-state index contributed by atoms with van der Waals surface area (Å²) in [5.74, 6) is 1.14. The predicted octanol–water partition coefficient (Wildman–Crippen LogP) is 4.32. The maximum atomic E-state index is 13.3. The number of H-pyrrole nitrogens is 1. The Bertz CT molecular complexity index is 1200. The second-order valence-electron chi connectivity index (χ2n) is 6.22. The molecule has 0 bridgehead atoms. The van der Waals surface area contributed by atoms with E-state index >= 15 is 0 Å². The van der Waals surface area contributed by atoms with Gasteiger partial charge in [0, 0.05) is 5.56 Å². The van der Waals surface area contributed by atoms with Crippen molar-refractivity contribution in [2.45, 2.75) is 6.61 Å². The molecule has 6 heteroatoms. The van der Waals surface area contributed by atoms with Gasteiger partial charge in [-0.2, -0.15) is 0 Å². The zero-order valence-corrected chi connectivity index (χ0v) is 15.1. The fraction of sp³-hybridized carbons (Fsp3) is 0.0909. The van der Waals surface area contributed by atoms with Gasteiger partial charge in [0.25, 0.3) is 5.56 Å². The zero-order chi connectivity index (χ0) is 19.5. The number of nitrogens with one attached hydrogen (secondary N) is 1. The number of aromatic nitrogens is 2. The summed E-state index contributed by atoms with van der Waals surface area (Å²) in [6.07, 6.45) is 0. The largest absolute Gasteiger partial charge is 0.493 e. The highest BCUT2D eigenvalue weighted by Gasteiger charge is 2.11. The number of ether oxygens (including phenoxy) is 2. The molecule has 0 saturated carbocycles. The molecule has 0 aliphatic carbocycles. The number of nitrogens with zero attached hydrogens (tertiary/aromatic N) is 1. The third-order valence-electron chi connectivity index (χ3n) is 4.33. The summed E-state index contributed by atoms with van der Waals surface area (Å²) in [6, 6.07) is 18.7. The minimum atomic E-state index is -0.310. The summed E-state index contributed by atoms with van der Waals surface area (Å²) in [4.78, 5) is 19.6. The van der Waals surface area contributed by atoms with Crippen LogP contribution in [0.15, 0.2) is 71.5 Å². The summed E-state index contributed by atoms with van der Waals surface area (Å²) in [5.41, 5.74) is 1.82. The average molecular weight is 376 g/mol. The maximum Gasteiger partial charge on any atom is 0.259 e. The van der Waals surface area contributed by atoms with E-state index in [4.69, 9.17) is 9.47 Å². The van der Waals surface area contributed by atoms with Crippen LogP contribution < -0.4 is 15.0 Å². The smallest absolute Gasteiger partial charge is 0.259 e. The molecule has 0 radical (unpaired) electrons. The van der Waals surface area contributed by atoms with E-state index in [2.05, 4.69) is 9.97 Å². The normalized spacial score (nSPS) is 10.8. The molecule has 0 aliphatic rings. The Morgan fingerprint density at radius 3 is 2.68 bits per heavy atom. The summed E-state index contributed by atoms with van der Waals surface area (Å²) >= 11 is 0. The Hall–Kier alpha value is -3.67. The van der Waals surface area contributed by atoms with E-state index in [0.717, 1.165) is 0 Å². The molecule has 0 aliphatic heterocycles. The van der Waals surface area contributed by atoms with Crippen molar-refractivity contribution in [3.05, 3.63) is 88.5 Å². The number of halogens is 1. The van der Waals surface area contributed by atoms with Gasteiger partial charge in [0.1, 0.15) is 18.2 Å². The van der Waals surface area contributed by atoms with Crippen LogP contribution in [0.25, 0.3) is 22.3 Å². The molecule has 4 aromatic rings. The van der Waals surface area contributed by atoms with Crippen molar-refractivity contribution < 1.29 is 13.9 Å². The van der Waals surface area contributed by atoms with E-state index in [1.54, 1.807) is 48.5 Å². The van der Waals surface area contributed by atoms with E-state index in [9.17, 15) is 9.18 Å². The van der Waals surface area contributed by atoms with E-state index in [-0.39, 0.29) is 18.0 Å². The molecular formula is C22H17FN2O3. The van der Waals surface area contributed by atoms with Crippen molar-refractivity contribution in [2.24, 2.45) is 0 Å².